The maximum absolute atomic E-state index is 12.6. The largest absolute Gasteiger partial charge is 0.349 e. The molecular formula is C21H28N4O. The molecule has 0 saturated carbocycles. The van der Waals surface area contributed by atoms with Crippen molar-refractivity contribution in [3.8, 4) is 0 Å². The average Bonchev–Trinajstić information content (AvgIpc) is 2.53. The normalized spacial score (nSPS) is 18.9. The van der Waals surface area contributed by atoms with Gasteiger partial charge in [-0.3, -0.25) is 4.79 Å². The quantitative estimate of drug-likeness (QED) is 0.782. The molecule has 0 radical (unpaired) electrons. The van der Waals surface area contributed by atoms with E-state index in [4.69, 9.17) is 0 Å². The van der Waals surface area contributed by atoms with Gasteiger partial charge in [0, 0.05) is 29.0 Å². The fourth-order valence-electron chi connectivity index (χ4n) is 3.96. The second-order valence-electron chi connectivity index (χ2n) is 8.39. The number of benzene rings is 1. The lowest BCUT2D eigenvalue weighted by Gasteiger charge is -2.46. The van der Waals surface area contributed by atoms with E-state index in [1.54, 1.807) is 6.20 Å². The van der Waals surface area contributed by atoms with Gasteiger partial charge in [-0.05, 0) is 64.8 Å². The first kappa shape index (κ1) is 18.4. The van der Waals surface area contributed by atoms with E-state index < -0.39 is 0 Å². The zero-order chi connectivity index (χ0) is 18.8. The average molecular weight is 352 g/mol. The zero-order valence-electron chi connectivity index (χ0n) is 16.0. The number of piperidine rings is 1. The Hall–Kier alpha value is -2.40. The van der Waals surface area contributed by atoms with E-state index in [2.05, 4.69) is 48.6 Å². The van der Waals surface area contributed by atoms with Crippen LogP contribution in [0.5, 0.6) is 0 Å². The molecule has 26 heavy (non-hydrogen) atoms. The minimum Gasteiger partial charge on any atom is -0.349 e. The van der Waals surface area contributed by atoms with Crippen LogP contribution >= 0.6 is 0 Å². The summed E-state index contributed by atoms with van der Waals surface area (Å²) in [5, 5.41) is 10.0. The van der Waals surface area contributed by atoms with Crippen molar-refractivity contribution in [3.05, 3.63) is 54.2 Å². The third-order valence-electron chi connectivity index (χ3n) is 4.60. The first-order valence-corrected chi connectivity index (χ1v) is 9.11. The first-order chi connectivity index (χ1) is 12.2. The van der Waals surface area contributed by atoms with Gasteiger partial charge in [-0.2, -0.15) is 0 Å². The molecule has 138 valence electrons. The Labute approximate surface area is 155 Å². The van der Waals surface area contributed by atoms with Crippen molar-refractivity contribution in [2.24, 2.45) is 0 Å². The van der Waals surface area contributed by atoms with Crippen LogP contribution in [0.15, 0.2) is 48.7 Å². The number of hydrogen-bond acceptors (Lipinski definition) is 4. The second kappa shape index (κ2) is 7.08. The molecule has 1 amide bonds. The van der Waals surface area contributed by atoms with Crippen LogP contribution in [0.3, 0.4) is 0 Å². The number of para-hydroxylation sites is 1. The number of carbonyl (C=O) groups is 1. The summed E-state index contributed by atoms with van der Waals surface area (Å²) in [6.45, 7) is 8.72. The van der Waals surface area contributed by atoms with Crippen molar-refractivity contribution in [1.82, 2.24) is 15.6 Å². The van der Waals surface area contributed by atoms with Crippen molar-refractivity contribution < 1.29 is 4.79 Å². The maximum Gasteiger partial charge on any atom is 0.253 e. The van der Waals surface area contributed by atoms with Crippen molar-refractivity contribution in [2.45, 2.75) is 57.7 Å². The molecule has 0 bridgehead atoms. The Morgan fingerprint density at radius 3 is 2.27 bits per heavy atom. The van der Waals surface area contributed by atoms with Crippen LogP contribution in [-0.4, -0.2) is 28.0 Å². The van der Waals surface area contributed by atoms with E-state index >= 15 is 0 Å². The SMILES string of the molecule is CC1(C)CC(NC(=O)c2ccc(Nc3ccccc3)nc2)CC(C)(C)N1. The highest BCUT2D eigenvalue weighted by Crippen LogP contribution is 2.28. The predicted octanol–water partition coefficient (Wildman–Crippen LogP) is 3.86. The van der Waals surface area contributed by atoms with Crippen LogP contribution in [0.4, 0.5) is 11.5 Å². The van der Waals surface area contributed by atoms with Gasteiger partial charge < -0.3 is 16.0 Å². The molecular weight excluding hydrogens is 324 g/mol. The molecule has 1 aliphatic heterocycles. The van der Waals surface area contributed by atoms with Crippen LogP contribution < -0.4 is 16.0 Å². The lowest BCUT2D eigenvalue weighted by atomic mass is 9.79. The van der Waals surface area contributed by atoms with E-state index in [0.717, 1.165) is 24.3 Å². The molecule has 5 heteroatoms. The fraction of sp³-hybridized carbons (Fsp3) is 0.429. The lowest BCUT2D eigenvalue weighted by Crippen LogP contribution is -2.62. The molecule has 1 aliphatic rings. The predicted molar refractivity (Wildman–Crippen MR) is 106 cm³/mol. The summed E-state index contributed by atoms with van der Waals surface area (Å²) in [5.74, 6) is 0.652. The highest BCUT2D eigenvalue weighted by atomic mass is 16.1. The van der Waals surface area contributed by atoms with Crippen LogP contribution in [-0.2, 0) is 0 Å². The Morgan fingerprint density at radius 1 is 1.04 bits per heavy atom. The number of rotatable bonds is 4. The molecule has 1 aromatic carbocycles. The van der Waals surface area contributed by atoms with E-state index in [1.807, 2.05) is 42.5 Å². The molecule has 5 nitrogen and oxygen atoms in total. The number of nitrogens with one attached hydrogen (secondary N) is 3. The number of aromatic nitrogens is 1. The molecule has 2 heterocycles. The van der Waals surface area contributed by atoms with Gasteiger partial charge in [0.2, 0.25) is 0 Å². The number of anilines is 2. The molecule has 3 rings (SSSR count). The number of carbonyl (C=O) groups excluding carboxylic acids is 1. The highest BCUT2D eigenvalue weighted by molar-refractivity contribution is 5.94. The Kier molecular flexibility index (Phi) is 5.01. The summed E-state index contributed by atoms with van der Waals surface area (Å²) in [6.07, 6.45) is 3.43. The topological polar surface area (TPSA) is 66.0 Å². The van der Waals surface area contributed by atoms with Crippen LogP contribution in [0.2, 0.25) is 0 Å². The van der Waals surface area contributed by atoms with Crippen LogP contribution in [0, 0.1) is 0 Å². The second-order valence-corrected chi connectivity index (χ2v) is 8.39. The van der Waals surface area contributed by atoms with Gasteiger partial charge in [0.05, 0.1) is 5.56 Å². The Morgan fingerprint density at radius 2 is 1.69 bits per heavy atom. The lowest BCUT2D eigenvalue weighted by molar-refractivity contribution is 0.0873. The molecule has 3 N–H and O–H groups in total. The third-order valence-corrected chi connectivity index (χ3v) is 4.60. The summed E-state index contributed by atoms with van der Waals surface area (Å²) < 4.78 is 0. The summed E-state index contributed by atoms with van der Waals surface area (Å²) in [4.78, 5) is 17.0. The van der Waals surface area contributed by atoms with Gasteiger partial charge in [0.1, 0.15) is 5.82 Å². The van der Waals surface area contributed by atoms with Crippen molar-refractivity contribution in [2.75, 3.05) is 5.32 Å². The smallest absolute Gasteiger partial charge is 0.253 e. The van der Waals surface area contributed by atoms with Gasteiger partial charge in [-0.25, -0.2) is 4.98 Å². The molecule has 2 aromatic rings. The maximum atomic E-state index is 12.6. The summed E-state index contributed by atoms with van der Waals surface area (Å²) in [7, 11) is 0. The van der Waals surface area contributed by atoms with Crippen LogP contribution in [0.25, 0.3) is 0 Å². The highest BCUT2D eigenvalue weighted by Gasteiger charge is 2.38. The van der Waals surface area contributed by atoms with Crippen LogP contribution in [0.1, 0.15) is 50.9 Å². The van der Waals surface area contributed by atoms with Gasteiger partial charge in [-0.1, -0.05) is 18.2 Å². The molecule has 0 aliphatic carbocycles. The summed E-state index contributed by atoms with van der Waals surface area (Å²) in [5.41, 5.74) is 1.55. The number of pyridine rings is 1. The van der Waals surface area contributed by atoms with Gasteiger partial charge in [0.15, 0.2) is 0 Å². The zero-order valence-corrected chi connectivity index (χ0v) is 16.0. The molecule has 1 aromatic heterocycles. The van der Waals surface area contributed by atoms with Gasteiger partial charge in [0.25, 0.3) is 5.91 Å². The van der Waals surface area contributed by atoms with E-state index in [9.17, 15) is 4.79 Å². The Bertz CT molecular complexity index is 737. The van der Waals surface area contributed by atoms with E-state index in [-0.39, 0.29) is 23.0 Å². The van der Waals surface area contributed by atoms with Crippen molar-refractivity contribution in [1.29, 1.82) is 0 Å². The monoisotopic (exact) mass is 352 g/mol. The molecule has 0 unspecified atom stereocenters. The molecule has 0 atom stereocenters. The van der Waals surface area contributed by atoms with Crippen molar-refractivity contribution in [3.63, 3.8) is 0 Å². The minimum absolute atomic E-state index is 0.00140. The molecule has 0 spiro atoms. The number of amides is 1. The first-order valence-electron chi connectivity index (χ1n) is 9.11. The van der Waals surface area contributed by atoms with Gasteiger partial charge >= 0.3 is 0 Å². The number of hydrogen-bond donors (Lipinski definition) is 3. The number of nitrogens with zero attached hydrogens (tertiary/aromatic N) is 1. The minimum atomic E-state index is -0.0674. The van der Waals surface area contributed by atoms with Crippen molar-refractivity contribution >= 4 is 17.4 Å². The summed E-state index contributed by atoms with van der Waals surface area (Å²) in [6, 6.07) is 13.6. The fourth-order valence-corrected chi connectivity index (χ4v) is 3.96. The molecule has 1 saturated heterocycles. The standard InChI is InChI=1S/C21H28N4O/c1-20(2)12-17(13-21(3,4)25-20)24-19(26)15-10-11-18(22-14-15)23-16-8-6-5-7-9-16/h5-11,14,17,25H,12-13H2,1-4H3,(H,22,23)(H,24,26). The molecule has 1 fully saturated rings. The summed E-state index contributed by atoms with van der Waals surface area (Å²) >= 11 is 0. The van der Waals surface area contributed by atoms with Gasteiger partial charge in [-0.15, -0.1) is 0 Å². The Balaban J connectivity index is 1.63. The third kappa shape index (κ3) is 4.82. The van der Waals surface area contributed by atoms with E-state index in [0.29, 0.717) is 5.56 Å². The van der Waals surface area contributed by atoms with E-state index in [1.165, 1.54) is 0 Å².